The van der Waals surface area contributed by atoms with Crippen molar-refractivity contribution >= 4 is 17.7 Å². The Morgan fingerprint density at radius 1 is 1.30 bits per heavy atom. The highest BCUT2D eigenvalue weighted by molar-refractivity contribution is 6.42. The van der Waals surface area contributed by atoms with E-state index < -0.39 is 23.2 Å². The van der Waals surface area contributed by atoms with E-state index in [1.54, 1.807) is 4.57 Å². The van der Waals surface area contributed by atoms with Crippen LogP contribution < -0.4 is 5.32 Å². The van der Waals surface area contributed by atoms with E-state index in [4.69, 9.17) is 4.74 Å². The van der Waals surface area contributed by atoms with E-state index in [2.05, 4.69) is 5.32 Å². The van der Waals surface area contributed by atoms with Crippen LogP contribution in [0.25, 0.3) is 0 Å². The lowest BCUT2D eigenvalue weighted by atomic mass is 9.92. The van der Waals surface area contributed by atoms with Crippen molar-refractivity contribution in [3.63, 3.8) is 0 Å². The Kier molecular flexibility index (Phi) is 3.97. The SMILES string of the molecule is CC1(NC(=O)C(=O)c2cc(C(=O)O)c3n2CCC3)CCOCC1. The Balaban J connectivity index is 1.82. The van der Waals surface area contributed by atoms with Gasteiger partial charge in [-0.15, -0.1) is 0 Å². The maximum atomic E-state index is 12.5. The average Bonchev–Trinajstić information content (AvgIpc) is 3.08. The van der Waals surface area contributed by atoms with Crippen LogP contribution in [0.2, 0.25) is 0 Å². The minimum Gasteiger partial charge on any atom is -0.478 e. The Hall–Kier alpha value is -2.15. The van der Waals surface area contributed by atoms with Crippen LogP contribution in [0.3, 0.4) is 0 Å². The highest BCUT2D eigenvalue weighted by atomic mass is 16.5. The first-order valence-electron chi connectivity index (χ1n) is 7.81. The van der Waals surface area contributed by atoms with Crippen LogP contribution in [0.5, 0.6) is 0 Å². The molecule has 3 rings (SSSR count). The summed E-state index contributed by atoms with van der Waals surface area (Å²) in [5.74, 6) is -2.42. The fraction of sp³-hybridized carbons (Fsp3) is 0.562. The number of nitrogens with one attached hydrogen (secondary N) is 1. The van der Waals surface area contributed by atoms with Crippen molar-refractivity contribution in [1.82, 2.24) is 9.88 Å². The second-order valence-corrected chi connectivity index (χ2v) is 6.41. The molecule has 2 N–H and O–H groups in total. The molecule has 2 aliphatic rings. The van der Waals surface area contributed by atoms with Gasteiger partial charge in [-0.05, 0) is 38.7 Å². The molecule has 0 atom stereocenters. The molecule has 0 bridgehead atoms. The summed E-state index contributed by atoms with van der Waals surface area (Å²) in [6.07, 6.45) is 2.70. The molecule has 1 saturated heterocycles. The molecule has 1 aromatic heterocycles. The molecule has 0 spiro atoms. The smallest absolute Gasteiger partial charge is 0.337 e. The lowest BCUT2D eigenvalue weighted by Gasteiger charge is -2.34. The maximum Gasteiger partial charge on any atom is 0.337 e. The maximum absolute atomic E-state index is 12.5. The van der Waals surface area contributed by atoms with Gasteiger partial charge in [0.05, 0.1) is 11.3 Å². The molecule has 1 amide bonds. The van der Waals surface area contributed by atoms with Gasteiger partial charge in [-0.2, -0.15) is 0 Å². The number of hydrogen-bond donors (Lipinski definition) is 2. The van der Waals surface area contributed by atoms with E-state index in [0.717, 1.165) is 6.42 Å². The number of hydrogen-bond acceptors (Lipinski definition) is 4. The summed E-state index contributed by atoms with van der Waals surface area (Å²) < 4.78 is 6.94. The van der Waals surface area contributed by atoms with Gasteiger partial charge < -0.3 is 19.7 Å². The molecule has 7 nitrogen and oxygen atoms in total. The molecule has 124 valence electrons. The molecule has 1 aromatic rings. The fourth-order valence-electron chi connectivity index (χ4n) is 3.29. The summed E-state index contributed by atoms with van der Waals surface area (Å²) in [4.78, 5) is 36.1. The summed E-state index contributed by atoms with van der Waals surface area (Å²) in [7, 11) is 0. The number of aromatic nitrogens is 1. The summed E-state index contributed by atoms with van der Waals surface area (Å²) in [5, 5.41) is 12.0. The Labute approximate surface area is 133 Å². The predicted octanol–water partition coefficient (Wildman–Crippen LogP) is 1.00. The van der Waals surface area contributed by atoms with E-state index in [1.165, 1.54) is 6.07 Å². The number of Topliss-reactive ketones (excluding diaryl/α,β-unsaturated/α-hetero) is 1. The molecule has 0 saturated carbocycles. The zero-order valence-electron chi connectivity index (χ0n) is 13.1. The Morgan fingerprint density at radius 3 is 2.65 bits per heavy atom. The van der Waals surface area contributed by atoms with Crippen molar-refractivity contribution in [2.24, 2.45) is 0 Å². The summed E-state index contributed by atoms with van der Waals surface area (Å²) in [6, 6.07) is 1.32. The van der Waals surface area contributed by atoms with E-state index in [1.807, 2.05) is 6.92 Å². The third-order valence-corrected chi connectivity index (χ3v) is 4.68. The van der Waals surface area contributed by atoms with Gasteiger partial charge >= 0.3 is 5.97 Å². The Morgan fingerprint density at radius 2 is 2.00 bits per heavy atom. The molecule has 0 radical (unpaired) electrons. The van der Waals surface area contributed by atoms with E-state index in [0.29, 0.717) is 44.7 Å². The standard InChI is InChI=1S/C16H20N2O5/c1-16(4-7-23-8-5-16)17-14(20)13(19)12-9-10(15(21)22)11-3-2-6-18(11)12/h9H,2-8H2,1H3,(H,17,20)(H,21,22). The molecule has 1 fully saturated rings. The number of carboxylic acid groups (broad SMARTS) is 1. The zero-order chi connectivity index (χ0) is 16.6. The second kappa shape index (κ2) is 5.81. The number of amides is 1. The average molecular weight is 320 g/mol. The van der Waals surface area contributed by atoms with Crippen LogP contribution in [0.1, 0.15) is 52.7 Å². The third-order valence-electron chi connectivity index (χ3n) is 4.68. The predicted molar refractivity (Wildman–Crippen MR) is 80.6 cm³/mol. The number of aromatic carboxylic acids is 1. The van der Waals surface area contributed by atoms with Gasteiger partial charge in [-0.1, -0.05) is 0 Å². The first-order chi connectivity index (χ1) is 10.9. The van der Waals surface area contributed by atoms with Crippen LogP contribution in [0.15, 0.2) is 6.07 Å². The van der Waals surface area contributed by atoms with Crippen molar-refractivity contribution in [2.45, 2.75) is 44.7 Å². The lowest BCUT2D eigenvalue weighted by Crippen LogP contribution is -2.51. The van der Waals surface area contributed by atoms with Gasteiger partial charge in [0.25, 0.3) is 11.7 Å². The summed E-state index contributed by atoms with van der Waals surface area (Å²) in [6.45, 7) is 3.57. The fourth-order valence-corrected chi connectivity index (χ4v) is 3.29. The molecular weight excluding hydrogens is 300 g/mol. The van der Waals surface area contributed by atoms with Crippen LogP contribution in [0.4, 0.5) is 0 Å². The van der Waals surface area contributed by atoms with Crippen LogP contribution in [-0.4, -0.2) is 46.1 Å². The van der Waals surface area contributed by atoms with Crippen LogP contribution in [0, 0.1) is 0 Å². The number of carboxylic acids is 1. The number of carbonyl (C=O) groups excluding carboxylic acids is 2. The molecule has 0 aliphatic carbocycles. The highest BCUT2D eigenvalue weighted by Gasteiger charge is 2.34. The molecular formula is C16H20N2O5. The first-order valence-corrected chi connectivity index (χ1v) is 7.81. The molecule has 0 aromatic carbocycles. The number of rotatable bonds is 4. The number of ether oxygens (including phenoxy) is 1. The third kappa shape index (κ3) is 2.88. The van der Waals surface area contributed by atoms with Crippen molar-refractivity contribution in [1.29, 1.82) is 0 Å². The minimum absolute atomic E-state index is 0.121. The van der Waals surface area contributed by atoms with Gasteiger partial charge in [-0.25, -0.2) is 4.79 Å². The van der Waals surface area contributed by atoms with Crippen molar-refractivity contribution in [3.8, 4) is 0 Å². The van der Waals surface area contributed by atoms with E-state index >= 15 is 0 Å². The number of nitrogens with zero attached hydrogens (tertiary/aromatic N) is 1. The van der Waals surface area contributed by atoms with Crippen LogP contribution >= 0.6 is 0 Å². The minimum atomic E-state index is -1.06. The summed E-state index contributed by atoms with van der Waals surface area (Å²) >= 11 is 0. The van der Waals surface area contributed by atoms with Gasteiger partial charge in [0, 0.05) is 31.0 Å². The molecule has 0 unspecified atom stereocenters. The van der Waals surface area contributed by atoms with Crippen LogP contribution in [-0.2, 0) is 22.5 Å². The van der Waals surface area contributed by atoms with Crippen molar-refractivity contribution in [3.05, 3.63) is 23.0 Å². The quantitative estimate of drug-likeness (QED) is 0.637. The molecule has 2 aliphatic heterocycles. The largest absolute Gasteiger partial charge is 0.478 e. The second-order valence-electron chi connectivity index (χ2n) is 6.41. The first kappa shape index (κ1) is 15.7. The molecule has 23 heavy (non-hydrogen) atoms. The van der Waals surface area contributed by atoms with Crippen molar-refractivity contribution in [2.75, 3.05) is 13.2 Å². The highest BCUT2D eigenvalue weighted by Crippen LogP contribution is 2.25. The Bertz CT molecular complexity index is 670. The van der Waals surface area contributed by atoms with Gasteiger partial charge in [-0.3, -0.25) is 9.59 Å². The van der Waals surface area contributed by atoms with Gasteiger partial charge in [0.15, 0.2) is 0 Å². The number of ketones is 1. The monoisotopic (exact) mass is 320 g/mol. The van der Waals surface area contributed by atoms with Gasteiger partial charge in [0.1, 0.15) is 0 Å². The number of carbonyl (C=O) groups is 3. The normalized spacial score (nSPS) is 19.2. The topological polar surface area (TPSA) is 97.6 Å². The summed E-state index contributed by atoms with van der Waals surface area (Å²) in [5.41, 5.74) is 0.464. The molecule has 7 heteroatoms. The van der Waals surface area contributed by atoms with Gasteiger partial charge in [0.2, 0.25) is 0 Å². The lowest BCUT2D eigenvalue weighted by molar-refractivity contribution is -0.119. The molecule has 3 heterocycles. The van der Waals surface area contributed by atoms with Crippen molar-refractivity contribution < 1.29 is 24.2 Å². The zero-order valence-corrected chi connectivity index (χ0v) is 13.1. The van der Waals surface area contributed by atoms with E-state index in [-0.39, 0.29) is 11.3 Å². The number of fused-ring (bicyclic) bond motifs is 1. The van der Waals surface area contributed by atoms with E-state index in [9.17, 15) is 19.5 Å².